The van der Waals surface area contributed by atoms with E-state index in [-0.39, 0.29) is 6.42 Å². The van der Waals surface area contributed by atoms with Crippen LogP contribution in [0.1, 0.15) is 29.7 Å². The SMILES string of the molecule is O=C(O)Cc1c2c(nc3cc(Cl)cc(Cl)c13)CCCC2. The molecule has 3 rings (SSSR count). The van der Waals surface area contributed by atoms with E-state index in [1.54, 1.807) is 12.1 Å². The molecule has 0 bridgehead atoms. The zero-order valence-electron chi connectivity index (χ0n) is 10.7. The van der Waals surface area contributed by atoms with Crippen molar-refractivity contribution in [3.63, 3.8) is 0 Å². The van der Waals surface area contributed by atoms with E-state index in [1.807, 2.05) is 0 Å². The first-order valence-electron chi connectivity index (χ1n) is 6.57. The molecule has 5 heteroatoms. The van der Waals surface area contributed by atoms with E-state index in [9.17, 15) is 9.90 Å². The minimum atomic E-state index is -0.851. The highest BCUT2D eigenvalue weighted by atomic mass is 35.5. The number of carbonyl (C=O) groups is 1. The van der Waals surface area contributed by atoms with Gasteiger partial charge in [-0.3, -0.25) is 9.78 Å². The van der Waals surface area contributed by atoms with E-state index in [0.29, 0.717) is 15.6 Å². The van der Waals surface area contributed by atoms with Gasteiger partial charge in [0.25, 0.3) is 0 Å². The van der Waals surface area contributed by atoms with Gasteiger partial charge < -0.3 is 5.11 Å². The lowest BCUT2D eigenvalue weighted by Gasteiger charge is -2.20. The van der Waals surface area contributed by atoms with Gasteiger partial charge >= 0.3 is 5.97 Å². The number of carboxylic acid groups (broad SMARTS) is 1. The number of aromatic nitrogens is 1. The third-order valence-electron chi connectivity index (χ3n) is 3.72. The molecular weight excluding hydrogens is 297 g/mol. The highest BCUT2D eigenvalue weighted by Gasteiger charge is 2.21. The maximum Gasteiger partial charge on any atom is 0.307 e. The second-order valence-corrected chi connectivity index (χ2v) is 5.92. The van der Waals surface area contributed by atoms with E-state index < -0.39 is 5.97 Å². The molecule has 1 N–H and O–H groups in total. The van der Waals surface area contributed by atoms with E-state index in [1.165, 1.54) is 0 Å². The molecule has 2 aromatic rings. The number of hydrogen-bond acceptors (Lipinski definition) is 2. The fourth-order valence-corrected chi connectivity index (χ4v) is 3.52. The third kappa shape index (κ3) is 2.36. The number of rotatable bonds is 2. The van der Waals surface area contributed by atoms with Gasteiger partial charge in [-0.2, -0.15) is 0 Å². The molecule has 0 spiro atoms. The van der Waals surface area contributed by atoms with Crippen molar-refractivity contribution >= 4 is 40.1 Å². The molecule has 0 atom stereocenters. The summed E-state index contributed by atoms with van der Waals surface area (Å²) in [7, 11) is 0. The van der Waals surface area contributed by atoms with Crippen molar-refractivity contribution < 1.29 is 9.90 Å². The summed E-state index contributed by atoms with van der Waals surface area (Å²) in [6.45, 7) is 0. The zero-order valence-corrected chi connectivity index (χ0v) is 12.3. The number of hydrogen-bond donors (Lipinski definition) is 1. The van der Waals surface area contributed by atoms with E-state index >= 15 is 0 Å². The van der Waals surface area contributed by atoms with Gasteiger partial charge in [-0.15, -0.1) is 0 Å². The summed E-state index contributed by atoms with van der Waals surface area (Å²) in [5.41, 5.74) is 3.56. The minimum absolute atomic E-state index is 0.0251. The zero-order chi connectivity index (χ0) is 14.3. The molecule has 0 radical (unpaired) electrons. The predicted octanol–water partition coefficient (Wildman–Crippen LogP) is 4.05. The molecular formula is C15H13Cl2NO2. The van der Waals surface area contributed by atoms with Gasteiger partial charge in [-0.05, 0) is 48.9 Å². The molecule has 0 fully saturated rings. The number of nitrogens with zero attached hydrogens (tertiary/aromatic N) is 1. The average Bonchev–Trinajstić information content (AvgIpc) is 2.37. The summed E-state index contributed by atoms with van der Waals surface area (Å²) >= 11 is 12.3. The molecule has 104 valence electrons. The Balaban J connectivity index is 2.36. The van der Waals surface area contributed by atoms with Gasteiger partial charge in [-0.25, -0.2) is 0 Å². The number of pyridine rings is 1. The Labute approximate surface area is 126 Å². The maximum absolute atomic E-state index is 11.2. The number of halogens is 2. The normalized spacial score (nSPS) is 14.3. The summed E-state index contributed by atoms with van der Waals surface area (Å²) in [5.74, 6) is -0.851. The van der Waals surface area contributed by atoms with Crippen LogP contribution in [0, 0.1) is 0 Å². The molecule has 0 amide bonds. The molecule has 1 aliphatic rings. The van der Waals surface area contributed by atoms with E-state index in [4.69, 9.17) is 23.2 Å². The second-order valence-electron chi connectivity index (χ2n) is 5.07. The van der Waals surface area contributed by atoms with Crippen molar-refractivity contribution in [1.29, 1.82) is 0 Å². The molecule has 0 unspecified atom stereocenters. The van der Waals surface area contributed by atoms with Crippen molar-refractivity contribution in [2.24, 2.45) is 0 Å². The summed E-state index contributed by atoms with van der Waals surface area (Å²) < 4.78 is 0. The van der Waals surface area contributed by atoms with Gasteiger partial charge in [0.1, 0.15) is 0 Å². The topological polar surface area (TPSA) is 50.2 Å². The fourth-order valence-electron chi connectivity index (χ4n) is 2.93. The van der Waals surface area contributed by atoms with Crippen LogP contribution in [-0.2, 0) is 24.1 Å². The first-order valence-corrected chi connectivity index (χ1v) is 7.33. The lowest BCUT2D eigenvalue weighted by Crippen LogP contribution is -2.13. The molecule has 1 aromatic carbocycles. The van der Waals surface area contributed by atoms with Gasteiger partial charge in [0.15, 0.2) is 0 Å². The Morgan fingerprint density at radius 1 is 1.25 bits per heavy atom. The van der Waals surface area contributed by atoms with E-state index in [0.717, 1.165) is 47.9 Å². The highest BCUT2D eigenvalue weighted by Crippen LogP contribution is 2.35. The molecule has 0 saturated carbocycles. The Morgan fingerprint density at radius 2 is 2.00 bits per heavy atom. The number of aliphatic carboxylic acids is 1. The van der Waals surface area contributed by atoms with Gasteiger partial charge in [-0.1, -0.05) is 23.2 Å². The number of fused-ring (bicyclic) bond motifs is 2. The number of benzene rings is 1. The first kappa shape index (κ1) is 13.7. The summed E-state index contributed by atoms with van der Waals surface area (Å²) in [5, 5.41) is 10.9. The Hall–Kier alpha value is -1.32. The van der Waals surface area contributed by atoms with Crippen LogP contribution in [0.15, 0.2) is 12.1 Å². The fraction of sp³-hybridized carbons (Fsp3) is 0.333. The van der Waals surface area contributed by atoms with Crippen molar-refractivity contribution in [2.75, 3.05) is 0 Å². The third-order valence-corrected chi connectivity index (χ3v) is 4.24. The van der Waals surface area contributed by atoms with Crippen molar-refractivity contribution in [3.05, 3.63) is 39.0 Å². The first-order chi connectivity index (χ1) is 9.56. The summed E-state index contributed by atoms with van der Waals surface area (Å²) in [6, 6.07) is 3.40. The van der Waals surface area contributed by atoms with E-state index in [2.05, 4.69) is 4.98 Å². The van der Waals surface area contributed by atoms with Crippen LogP contribution >= 0.6 is 23.2 Å². The Kier molecular flexibility index (Phi) is 3.57. The highest BCUT2D eigenvalue weighted by molar-refractivity contribution is 6.38. The largest absolute Gasteiger partial charge is 0.481 e. The van der Waals surface area contributed by atoms with Crippen molar-refractivity contribution in [2.45, 2.75) is 32.1 Å². The molecule has 1 heterocycles. The molecule has 0 saturated heterocycles. The number of carboxylic acids is 1. The second kappa shape index (κ2) is 5.23. The van der Waals surface area contributed by atoms with Gasteiger partial charge in [0.05, 0.1) is 17.0 Å². The van der Waals surface area contributed by atoms with Crippen LogP contribution in [0.4, 0.5) is 0 Å². The van der Waals surface area contributed by atoms with Crippen LogP contribution in [0.2, 0.25) is 10.0 Å². The van der Waals surface area contributed by atoms with Crippen LogP contribution in [0.3, 0.4) is 0 Å². The smallest absolute Gasteiger partial charge is 0.307 e. The molecule has 1 aliphatic carbocycles. The Morgan fingerprint density at radius 3 is 2.75 bits per heavy atom. The molecule has 3 nitrogen and oxygen atoms in total. The van der Waals surface area contributed by atoms with Crippen LogP contribution in [-0.4, -0.2) is 16.1 Å². The minimum Gasteiger partial charge on any atom is -0.481 e. The predicted molar refractivity (Wildman–Crippen MR) is 79.7 cm³/mol. The van der Waals surface area contributed by atoms with Crippen molar-refractivity contribution in [1.82, 2.24) is 4.98 Å². The Bertz CT molecular complexity index is 713. The van der Waals surface area contributed by atoms with Crippen LogP contribution < -0.4 is 0 Å². The molecule has 1 aromatic heterocycles. The molecule has 0 aliphatic heterocycles. The summed E-state index contributed by atoms with van der Waals surface area (Å²) in [4.78, 5) is 15.8. The maximum atomic E-state index is 11.2. The monoisotopic (exact) mass is 309 g/mol. The standard InChI is InChI=1S/C15H13Cl2NO2/c16-8-5-11(17)15-10(7-14(19)20)9-3-1-2-4-12(9)18-13(15)6-8/h5-6H,1-4,7H2,(H,19,20). The lowest BCUT2D eigenvalue weighted by atomic mass is 9.88. The molecule has 20 heavy (non-hydrogen) atoms. The number of aryl methyl sites for hydroxylation is 1. The van der Waals surface area contributed by atoms with Gasteiger partial charge in [0.2, 0.25) is 0 Å². The lowest BCUT2D eigenvalue weighted by molar-refractivity contribution is -0.136. The quantitative estimate of drug-likeness (QED) is 0.910. The van der Waals surface area contributed by atoms with Crippen molar-refractivity contribution in [3.8, 4) is 0 Å². The van der Waals surface area contributed by atoms with Crippen LogP contribution in [0.5, 0.6) is 0 Å². The summed E-state index contributed by atoms with van der Waals surface area (Å²) in [6.07, 6.45) is 3.90. The van der Waals surface area contributed by atoms with Gasteiger partial charge in [0, 0.05) is 16.1 Å². The average molecular weight is 310 g/mol. The van der Waals surface area contributed by atoms with Crippen LogP contribution in [0.25, 0.3) is 10.9 Å².